The van der Waals surface area contributed by atoms with Crippen molar-refractivity contribution >= 4 is 22.4 Å². The van der Waals surface area contributed by atoms with Crippen molar-refractivity contribution in [3.8, 4) is 11.3 Å². The second-order valence-corrected chi connectivity index (χ2v) is 4.12. The maximum Gasteiger partial charge on any atom is 0.137 e. The summed E-state index contributed by atoms with van der Waals surface area (Å²) in [5.41, 5.74) is 1.93. The third-order valence-electron chi connectivity index (χ3n) is 2.65. The van der Waals surface area contributed by atoms with Crippen molar-refractivity contribution in [1.82, 2.24) is 9.97 Å². The Morgan fingerprint density at radius 3 is 2.65 bits per heavy atom. The highest BCUT2D eigenvalue weighted by atomic mass is 35.5. The Balaban J connectivity index is 2.26. The average Bonchev–Trinajstić information content (AvgIpc) is 2.40. The fourth-order valence-electron chi connectivity index (χ4n) is 1.81. The van der Waals surface area contributed by atoms with Crippen LogP contribution in [0.25, 0.3) is 22.0 Å². The van der Waals surface area contributed by atoms with Gasteiger partial charge in [0.2, 0.25) is 0 Å². The van der Waals surface area contributed by atoms with E-state index in [4.69, 9.17) is 11.6 Å². The van der Waals surface area contributed by atoms with Crippen LogP contribution in [0.5, 0.6) is 0 Å². The lowest BCUT2D eigenvalue weighted by molar-refractivity contribution is 1.32. The number of nitrogens with zero attached hydrogens (tertiary/aromatic N) is 2. The van der Waals surface area contributed by atoms with Crippen LogP contribution in [0.15, 0.2) is 54.9 Å². The molecule has 0 aliphatic heterocycles. The molecule has 0 unspecified atom stereocenters. The third kappa shape index (κ3) is 1.87. The van der Waals surface area contributed by atoms with E-state index in [-0.39, 0.29) is 0 Å². The van der Waals surface area contributed by atoms with Gasteiger partial charge >= 0.3 is 0 Å². The van der Waals surface area contributed by atoms with Gasteiger partial charge in [0.05, 0.1) is 5.69 Å². The monoisotopic (exact) mass is 240 g/mol. The number of benzene rings is 1. The summed E-state index contributed by atoms with van der Waals surface area (Å²) in [7, 11) is 0. The minimum atomic E-state index is 0.517. The van der Waals surface area contributed by atoms with Gasteiger partial charge in [-0.15, -0.1) is 0 Å². The molecule has 0 N–H and O–H groups in total. The van der Waals surface area contributed by atoms with Crippen LogP contribution in [-0.4, -0.2) is 9.97 Å². The second-order valence-electron chi connectivity index (χ2n) is 3.76. The molecule has 0 bridgehead atoms. The van der Waals surface area contributed by atoms with Crippen molar-refractivity contribution < 1.29 is 0 Å². The van der Waals surface area contributed by atoms with Gasteiger partial charge in [0.25, 0.3) is 0 Å². The fourth-order valence-corrected chi connectivity index (χ4v) is 2.08. The molecule has 2 nitrogen and oxygen atoms in total. The van der Waals surface area contributed by atoms with Crippen molar-refractivity contribution in [2.45, 2.75) is 0 Å². The molecule has 0 aliphatic carbocycles. The van der Waals surface area contributed by atoms with Crippen LogP contribution >= 0.6 is 11.6 Å². The van der Waals surface area contributed by atoms with E-state index in [2.05, 4.69) is 9.97 Å². The molecule has 3 rings (SSSR count). The van der Waals surface area contributed by atoms with Gasteiger partial charge in [-0.05, 0) is 12.1 Å². The van der Waals surface area contributed by atoms with Gasteiger partial charge in [-0.1, -0.05) is 41.9 Å². The molecule has 0 amide bonds. The third-order valence-corrected chi connectivity index (χ3v) is 2.94. The quantitative estimate of drug-likeness (QED) is 0.602. The zero-order valence-corrected chi connectivity index (χ0v) is 9.72. The molecule has 0 spiro atoms. The highest BCUT2D eigenvalue weighted by Gasteiger charge is 2.05. The van der Waals surface area contributed by atoms with E-state index in [9.17, 15) is 0 Å². The van der Waals surface area contributed by atoms with Crippen LogP contribution in [0.4, 0.5) is 0 Å². The summed E-state index contributed by atoms with van der Waals surface area (Å²) < 4.78 is 0. The maximum absolute atomic E-state index is 6.17. The molecule has 1 aromatic carbocycles. The van der Waals surface area contributed by atoms with Gasteiger partial charge in [-0.3, -0.25) is 4.98 Å². The summed E-state index contributed by atoms with van der Waals surface area (Å²) in [6.45, 7) is 0. The van der Waals surface area contributed by atoms with E-state index in [0.29, 0.717) is 5.15 Å². The molecule has 0 saturated carbocycles. The van der Waals surface area contributed by atoms with Gasteiger partial charge in [-0.25, -0.2) is 4.98 Å². The molecule has 0 radical (unpaired) electrons. The zero-order chi connectivity index (χ0) is 11.7. The lowest BCUT2D eigenvalue weighted by atomic mass is 10.1. The van der Waals surface area contributed by atoms with E-state index in [1.165, 1.54) is 0 Å². The standard InChI is InChI=1S/C14H9ClN2/c15-14-12-6-7-16-9-11(12)8-13(17-14)10-4-2-1-3-5-10/h1-9H. The maximum atomic E-state index is 6.17. The van der Waals surface area contributed by atoms with E-state index in [1.54, 1.807) is 12.4 Å². The predicted molar refractivity (Wildman–Crippen MR) is 70.0 cm³/mol. The Morgan fingerprint density at radius 2 is 1.82 bits per heavy atom. The van der Waals surface area contributed by atoms with E-state index in [1.807, 2.05) is 42.5 Å². The van der Waals surface area contributed by atoms with Gasteiger partial charge in [0, 0.05) is 28.7 Å². The van der Waals surface area contributed by atoms with Crippen LogP contribution in [0.2, 0.25) is 5.15 Å². The van der Waals surface area contributed by atoms with Crippen molar-refractivity contribution in [1.29, 1.82) is 0 Å². The fraction of sp³-hybridized carbons (Fsp3) is 0. The smallest absolute Gasteiger partial charge is 0.137 e. The van der Waals surface area contributed by atoms with Crippen molar-refractivity contribution in [2.24, 2.45) is 0 Å². The largest absolute Gasteiger partial charge is 0.264 e. The summed E-state index contributed by atoms with van der Waals surface area (Å²) in [4.78, 5) is 8.51. The minimum Gasteiger partial charge on any atom is -0.264 e. The molecular weight excluding hydrogens is 232 g/mol. The number of hydrogen-bond donors (Lipinski definition) is 0. The Morgan fingerprint density at radius 1 is 1.00 bits per heavy atom. The molecule has 0 atom stereocenters. The Labute approximate surface area is 104 Å². The van der Waals surface area contributed by atoms with E-state index >= 15 is 0 Å². The van der Waals surface area contributed by atoms with Gasteiger partial charge in [0.1, 0.15) is 5.15 Å². The Hall–Kier alpha value is -1.93. The number of hydrogen-bond acceptors (Lipinski definition) is 2. The lowest BCUT2D eigenvalue weighted by Gasteiger charge is -2.04. The Kier molecular flexibility index (Phi) is 2.50. The number of halogens is 1. The first-order valence-electron chi connectivity index (χ1n) is 5.30. The molecule has 17 heavy (non-hydrogen) atoms. The molecule has 2 heterocycles. The van der Waals surface area contributed by atoms with Crippen molar-refractivity contribution in [2.75, 3.05) is 0 Å². The van der Waals surface area contributed by atoms with Crippen molar-refractivity contribution in [3.05, 3.63) is 60.0 Å². The SMILES string of the molecule is Clc1nc(-c2ccccc2)cc2cnccc12. The molecule has 0 saturated heterocycles. The summed E-state index contributed by atoms with van der Waals surface area (Å²) in [6, 6.07) is 13.9. The van der Waals surface area contributed by atoms with Crippen LogP contribution in [-0.2, 0) is 0 Å². The number of rotatable bonds is 1. The number of pyridine rings is 2. The van der Waals surface area contributed by atoms with Gasteiger partial charge in [0.15, 0.2) is 0 Å². The van der Waals surface area contributed by atoms with Crippen LogP contribution in [0.1, 0.15) is 0 Å². The topological polar surface area (TPSA) is 25.8 Å². The number of aromatic nitrogens is 2. The summed E-state index contributed by atoms with van der Waals surface area (Å²) in [6.07, 6.45) is 3.52. The molecule has 3 aromatic rings. The average molecular weight is 241 g/mol. The molecule has 82 valence electrons. The van der Waals surface area contributed by atoms with Crippen LogP contribution in [0, 0.1) is 0 Å². The lowest BCUT2D eigenvalue weighted by Crippen LogP contribution is -1.86. The second kappa shape index (κ2) is 4.15. The van der Waals surface area contributed by atoms with E-state index in [0.717, 1.165) is 22.0 Å². The number of fused-ring (bicyclic) bond motifs is 1. The highest BCUT2D eigenvalue weighted by molar-refractivity contribution is 6.34. The first-order valence-corrected chi connectivity index (χ1v) is 5.68. The summed E-state index contributed by atoms with van der Waals surface area (Å²) in [5.74, 6) is 0. The van der Waals surface area contributed by atoms with E-state index < -0.39 is 0 Å². The predicted octanol–water partition coefficient (Wildman–Crippen LogP) is 3.95. The first-order chi connectivity index (χ1) is 8.34. The molecule has 2 aromatic heterocycles. The van der Waals surface area contributed by atoms with Crippen LogP contribution in [0.3, 0.4) is 0 Å². The van der Waals surface area contributed by atoms with Crippen LogP contribution < -0.4 is 0 Å². The molecule has 0 aliphatic rings. The Bertz CT molecular complexity index is 665. The molecule has 3 heteroatoms. The van der Waals surface area contributed by atoms with Crippen molar-refractivity contribution in [3.63, 3.8) is 0 Å². The normalized spacial score (nSPS) is 10.6. The first kappa shape index (κ1) is 10.2. The summed E-state index contributed by atoms with van der Waals surface area (Å²) in [5, 5.41) is 2.46. The zero-order valence-electron chi connectivity index (χ0n) is 8.97. The molecular formula is C14H9ClN2. The minimum absolute atomic E-state index is 0.517. The summed E-state index contributed by atoms with van der Waals surface area (Å²) >= 11 is 6.17. The molecule has 0 fully saturated rings. The highest BCUT2D eigenvalue weighted by Crippen LogP contribution is 2.26. The van der Waals surface area contributed by atoms with Gasteiger partial charge < -0.3 is 0 Å². The van der Waals surface area contributed by atoms with Gasteiger partial charge in [-0.2, -0.15) is 0 Å².